The summed E-state index contributed by atoms with van der Waals surface area (Å²) in [4.78, 5) is 2.76. The summed E-state index contributed by atoms with van der Waals surface area (Å²) in [6.07, 6.45) is 10.9. The molecule has 0 spiro atoms. The molecule has 1 N–H and O–H groups in total. The molecule has 114 valence electrons. The van der Waals surface area contributed by atoms with Crippen LogP contribution in [0.5, 0.6) is 0 Å². The molecule has 1 heterocycles. The molecule has 0 aliphatic carbocycles. The van der Waals surface area contributed by atoms with Gasteiger partial charge in [-0.1, -0.05) is 52.9 Å². The van der Waals surface area contributed by atoms with E-state index in [0.29, 0.717) is 11.6 Å². The predicted octanol–water partition coefficient (Wildman–Crippen LogP) is 4.20. The summed E-state index contributed by atoms with van der Waals surface area (Å²) in [5, 5.41) is 3.72. The van der Waals surface area contributed by atoms with E-state index in [1.807, 2.05) is 0 Å². The SMILES string of the molecule is CCCCCCCCN1CC(CC)NCC1(C)CC. The van der Waals surface area contributed by atoms with Crippen molar-refractivity contribution in [2.45, 2.75) is 90.6 Å². The van der Waals surface area contributed by atoms with Crippen LogP contribution in [-0.2, 0) is 0 Å². The van der Waals surface area contributed by atoms with Gasteiger partial charge in [-0.2, -0.15) is 0 Å². The van der Waals surface area contributed by atoms with Gasteiger partial charge in [-0.15, -0.1) is 0 Å². The molecule has 2 unspecified atom stereocenters. The Morgan fingerprint density at radius 3 is 2.37 bits per heavy atom. The van der Waals surface area contributed by atoms with Crippen LogP contribution in [0.25, 0.3) is 0 Å². The van der Waals surface area contributed by atoms with Gasteiger partial charge in [0, 0.05) is 24.7 Å². The van der Waals surface area contributed by atoms with Crippen molar-refractivity contribution in [2.24, 2.45) is 0 Å². The Bertz CT molecular complexity index is 229. The minimum Gasteiger partial charge on any atom is -0.311 e. The maximum absolute atomic E-state index is 3.72. The van der Waals surface area contributed by atoms with Gasteiger partial charge in [0.1, 0.15) is 0 Å². The van der Waals surface area contributed by atoms with E-state index in [0.717, 1.165) is 6.54 Å². The van der Waals surface area contributed by atoms with Crippen LogP contribution in [0, 0.1) is 0 Å². The zero-order valence-electron chi connectivity index (χ0n) is 13.8. The highest BCUT2D eigenvalue weighted by Crippen LogP contribution is 2.24. The van der Waals surface area contributed by atoms with Crippen molar-refractivity contribution in [2.75, 3.05) is 19.6 Å². The van der Waals surface area contributed by atoms with Gasteiger partial charge in [0.2, 0.25) is 0 Å². The summed E-state index contributed by atoms with van der Waals surface area (Å²) in [5.41, 5.74) is 0.384. The van der Waals surface area contributed by atoms with Crippen LogP contribution in [0.1, 0.15) is 79.1 Å². The Morgan fingerprint density at radius 2 is 1.74 bits per heavy atom. The fourth-order valence-corrected chi connectivity index (χ4v) is 3.09. The Balaban J connectivity index is 2.30. The summed E-state index contributed by atoms with van der Waals surface area (Å²) in [6, 6.07) is 0.708. The minimum absolute atomic E-state index is 0.384. The topological polar surface area (TPSA) is 15.3 Å². The van der Waals surface area contributed by atoms with Crippen LogP contribution in [0.4, 0.5) is 0 Å². The van der Waals surface area contributed by atoms with Crippen LogP contribution in [-0.4, -0.2) is 36.1 Å². The van der Waals surface area contributed by atoms with Crippen molar-refractivity contribution < 1.29 is 0 Å². The molecule has 0 aromatic heterocycles. The second-order valence-electron chi connectivity index (χ2n) is 6.55. The molecule has 0 saturated carbocycles. The lowest BCUT2D eigenvalue weighted by molar-refractivity contribution is 0.0465. The van der Waals surface area contributed by atoms with Crippen LogP contribution in [0.2, 0.25) is 0 Å². The average Bonchev–Trinajstić information content (AvgIpc) is 2.44. The van der Waals surface area contributed by atoms with E-state index in [1.165, 1.54) is 64.5 Å². The monoisotopic (exact) mass is 268 g/mol. The average molecular weight is 268 g/mol. The lowest BCUT2D eigenvalue weighted by atomic mass is 9.91. The summed E-state index contributed by atoms with van der Waals surface area (Å²) in [6.45, 7) is 13.1. The van der Waals surface area contributed by atoms with Crippen molar-refractivity contribution in [3.63, 3.8) is 0 Å². The van der Waals surface area contributed by atoms with Gasteiger partial charge in [0.05, 0.1) is 0 Å². The number of rotatable bonds is 9. The first kappa shape index (κ1) is 17.0. The first-order valence-corrected chi connectivity index (χ1v) is 8.64. The van der Waals surface area contributed by atoms with E-state index >= 15 is 0 Å². The summed E-state index contributed by atoms with van der Waals surface area (Å²) >= 11 is 0. The molecular weight excluding hydrogens is 232 g/mol. The van der Waals surface area contributed by atoms with Gasteiger partial charge in [0.15, 0.2) is 0 Å². The molecule has 0 aromatic rings. The van der Waals surface area contributed by atoms with Gasteiger partial charge in [-0.3, -0.25) is 4.90 Å². The fraction of sp³-hybridized carbons (Fsp3) is 1.00. The number of nitrogens with one attached hydrogen (secondary N) is 1. The van der Waals surface area contributed by atoms with Crippen LogP contribution in [0.3, 0.4) is 0 Å². The third-order valence-electron chi connectivity index (χ3n) is 5.01. The molecule has 1 aliphatic rings. The second-order valence-corrected chi connectivity index (χ2v) is 6.55. The number of hydrogen-bond donors (Lipinski definition) is 1. The Hall–Kier alpha value is -0.0800. The molecule has 2 nitrogen and oxygen atoms in total. The second kappa shape index (κ2) is 8.97. The van der Waals surface area contributed by atoms with E-state index in [9.17, 15) is 0 Å². The lowest BCUT2D eigenvalue weighted by Gasteiger charge is -2.48. The molecule has 1 saturated heterocycles. The molecule has 0 aromatic carbocycles. The van der Waals surface area contributed by atoms with Crippen LogP contribution >= 0.6 is 0 Å². The van der Waals surface area contributed by atoms with Crippen molar-refractivity contribution in [3.05, 3.63) is 0 Å². The van der Waals surface area contributed by atoms with Gasteiger partial charge >= 0.3 is 0 Å². The Kier molecular flexibility index (Phi) is 8.01. The fourth-order valence-electron chi connectivity index (χ4n) is 3.09. The molecule has 2 heteroatoms. The number of unbranched alkanes of at least 4 members (excludes halogenated alkanes) is 5. The first-order chi connectivity index (χ1) is 9.16. The van der Waals surface area contributed by atoms with E-state index < -0.39 is 0 Å². The molecular formula is C17H36N2. The maximum atomic E-state index is 3.72. The van der Waals surface area contributed by atoms with Gasteiger partial charge < -0.3 is 5.32 Å². The third-order valence-corrected chi connectivity index (χ3v) is 5.01. The van der Waals surface area contributed by atoms with Crippen LogP contribution in [0.15, 0.2) is 0 Å². The molecule has 1 fully saturated rings. The first-order valence-electron chi connectivity index (χ1n) is 8.64. The highest BCUT2D eigenvalue weighted by atomic mass is 15.3. The highest BCUT2D eigenvalue weighted by Gasteiger charge is 2.35. The zero-order chi connectivity index (χ0) is 14.1. The third kappa shape index (κ3) is 5.43. The Morgan fingerprint density at radius 1 is 1.05 bits per heavy atom. The molecule has 2 atom stereocenters. The quantitative estimate of drug-likeness (QED) is 0.631. The van der Waals surface area contributed by atoms with Crippen molar-refractivity contribution >= 4 is 0 Å². The van der Waals surface area contributed by atoms with Gasteiger partial charge in [-0.05, 0) is 32.7 Å². The van der Waals surface area contributed by atoms with Gasteiger partial charge in [0.25, 0.3) is 0 Å². The summed E-state index contributed by atoms with van der Waals surface area (Å²) < 4.78 is 0. The molecule has 1 aliphatic heterocycles. The maximum Gasteiger partial charge on any atom is 0.0303 e. The zero-order valence-corrected chi connectivity index (χ0v) is 13.8. The van der Waals surface area contributed by atoms with Crippen LogP contribution < -0.4 is 5.32 Å². The van der Waals surface area contributed by atoms with E-state index in [-0.39, 0.29) is 0 Å². The molecule has 0 amide bonds. The standard InChI is InChI=1S/C17H36N2/c1-5-8-9-10-11-12-13-19-14-16(6-2)18-15-17(19,4)7-3/h16,18H,5-15H2,1-4H3. The normalized spacial score (nSPS) is 28.7. The minimum atomic E-state index is 0.384. The number of hydrogen-bond acceptors (Lipinski definition) is 2. The Labute approximate surface area is 121 Å². The predicted molar refractivity (Wildman–Crippen MR) is 85.7 cm³/mol. The molecule has 0 bridgehead atoms. The number of nitrogens with zero attached hydrogens (tertiary/aromatic N) is 1. The molecule has 1 rings (SSSR count). The summed E-state index contributed by atoms with van der Waals surface area (Å²) in [5.74, 6) is 0. The van der Waals surface area contributed by atoms with Crippen molar-refractivity contribution in [1.29, 1.82) is 0 Å². The smallest absolute Gasteiger partial charge is 0.0303 e. The van der Waals surface area contributed by atoms with Crippen molar-refractivity contribution in [1.82, 2.24) is 10.2 Å². The molecule has 0 radical (unpaired) electrons. The van der Waals surface area contributed by atoms with E-state index in [2.05, 4.69) is 37.9 Å². The van der Waals surface area contributed by atoms with Crippen molar-refractivity contribution in [3.8, 4) is 0 Å². The number of piperazine rings is 1. The van der Waals surface area contributed by atoms with Gasteiger partial charge in [-0.25, -0.2) is 0 Å². The lowest BCUT2D eigenvalue weighted by Crippen LogP contribution is -2.63. The highest BCUT2D eigenvalue weighted by molar-refractivity contribution is 4.94. The van der Waals surface area contributed by atoms with E-state index in [4.69, 9.17) is 0 Å². The molecule has 19 heavy (non-hydrogen) atoms. The summed E-state index contributed by atoms with van der Waals surface area (Å²) in [7, 11) is 0. The van der Waals surface area contributed by atoms with E-state index in [1.54, 1.807) is 0 Å². The largest absolute Gasteiger partial charge is 0.311 e.